The lowest BCUT2D eigenvalue weighted by atomic mass is 10.2. The van der Waals surface area contributed by atoms with Crippen molar-refractivity contribution in [3.05, 3.63) is 45.6 Å². The molecular formula is C15H16Cl2N2O3. The number of aromatic nitrogens is 2. The Kier molecular flexibility index (Phi) is 5.83. The van der Waals surface area contributed by atoms with Crippen molar-refractivity contribution in [3.63, 3.8) is 0 Å². The number of ether oxygens (including phenoxy) is 2. The number of carbonyl (C=O) groups is 1. The van der Waals surface area contributed by atoms with Crippen LogP contribution in [-0.2, 0) is 16.1 Å². The van der Waals surface area contributed by atoms with Crippen molar-refractivity contribution in [3.8, 4) is 5.88 Å². The van der Waals surface area contributed by atoms with Gasteiger partial charge in [0.15, 0.2) is 0 Å². The number of esters is 1. The Hall–Kier alpha value is -1.56. The van der Waals surface area contributed by atoms with E-state index in [4.69, 9.17) is 27.9 Å². The zero-order chi connectivity index (χ0) is 16.1. The summed E-state index contributed by atoms with van der Waals surface area (Å²) in [6, 6.07) is 7.04. The number of hydrogen-bond acceptors (Lipinski definition) is 4. The first-order valence-corrected chi connectivity index (χ1v) is 7.46. The maximum atomic E-state index is 11.0. The molecule has 0 unspecified atom stereocenters. The Morgan fingerprint density at radius 2 is 2.00 bits per heavy atom. The molecule has 7 heteroatoms. The lowest BCUT2D eigenvalue weighted by Crippen LogP contribution is -2.09. The molecule has 1 aliphatic heterocycles. The second kappa shape index (κ2) is 7.63. The van der Waals surface area contributed by atoms with E-state index in [1.165, 1.54) is 6.92 Å². The van der Waals surface area contributed by atoms with Crippen molar-refractivity contribution in [1.29, 1.82) is 0 Å². The van der Waals surface area contributed by atoms with E-state index in [-0.39, 0.29) is 5.97 Å². The third-order valence-electron chi connectivity index (χ3n) is 2.63. The molecule has 3 rings (SSSR count). The number of epoxide rings is 1. The fourth-order valence-electron chi connectivity index (χ4n) is 1.68. The molecular weight excluding hydrogens is 327 g/mol. The van der Waals surface area contributed by atoms with E-state index >= 15 is 0 Å². The normalized spacial score (nSPS) is 12.4. The minimum absolute atomic E-state index is 0.379. The predicted octanol–water partition coefficient (Wildman–Crippen LogP) is 3.49. The monoisotopic (exact) mass is 342 g/mol. The van der Waals surface area contributed by atoms with Crippen LogP contribution in [0.2, 0.25) is 10.0 Å². The smallest absolute Gasteiger partial charge is 0.309 e. The van der Waals surface area contributed by atoms with Crippen LogP contribution in [0, 0.1) is 6.92 Å². The Balaban J connectivity index is 0.000000523. The van der Waals surface area contributed by atoms with Crippen LogP contribution in [-0.4, -0.2) is 29.0 Å². The molecule has 2 heterocycles. The average molecular weight is 343 g/mol. The summed E-state index contributed by atoms with van der Waals surface area (Å²) in [5, 5.41) is 5.26. The highest BCUT2D eigenvalue weighted by Gasteiger charge is 2.10. The van der Waals surface area contributed by atoms with Crippen molar-refractivity contribution >= 4 is 29.2 Å². The SMILES string of the molecule is C1CO1.CC(=O)Oc1cc(C)nn1Cc1ccc(Cl)c(Cl)c1. The van der Waals surface area contributed by atoms with Gasteiger partial charge in [-0.25, -0.2) is 4.68 Å². The van der Waals surface area contributed by atoms with Crippen LogP contribution in [0.5, 0.6) is 5.88 Å². The number of benzene rings is 1. The quantitative estimate of drug-likeness (QED) is 0.632. The number of nitrogens with zero attached hydrogens (tertiary/aromatic N) is 2. The molecule has 5 nitrogen and oxygen atoms in total. The number of halogens is 2. The molecule has 1 aromatic carbocycles. The van der Waals surface area contributed by atoms with Gasteiger partial charge >= 0.3 is 5.97 Å². The van der Waals surface area contributed by atoms with E-state index in [0.717, 1.165) is 24.5 Å². The largest absolute Gasteiger partial charge is 0.408 e. The van der Waals surface area contributed by atoms with Gasteiger partial charge in [0, 0.05) is 13.0 Å². The Labute approximate surface area is 138 Å². The number of rotatable bonds is 3. The van der Waals surface area contributed by atoms with E-state index < -0.39 is 0 Å². The summed E-state index contributed by atoms with van der Waals surface area (Å²) in [6.45, 7) is 5.64. The predicted molar refractivity (Wildman–Crippen MR) is 84.7 cm³/mol. The molecule has 1 fully saturated rings. The van der Waals surface area contributed by atoms with E-state index in [2.05, 4.69) is 9.84 Å². The van der Waals surface area contributed by atoms with Crippen molar-refractivity contribution in [2.75, 3.05) is 13.2 Å². The molecule has 0 atom stereocenters. The minimum Gasteiger partial charge on any atom is -0.408 e. The van der Waals surface area contributed by atoms with Crippen molar-refractivity contribution in [1.82, 2.24) is 9.78 Å². The number of carbonyl (C=O) groups excluding carboxylic acids is 1. The van der Waals surface area contributed by atoms with Gasteiger partial charge in [0.25, 0.3) is 0 Å². The summed E-state index contributed by atoms with van der Waals surface area (Å²) in [6.07, 6.45) is 0. The van der Waals surface area contributed by atoms with Gasteiger partial charge in [-0.2, -0.15) is 5.10 Å². The van der Waals surface area contributed by atoms with Gasteiger partial charge in [0.2, 0.25) is 5.88 Å². The standard InChI is InChI=1S/C13H12Cl2N2O2.C2H4O/c1-8-5-13(19-9(2)18)17(16-8)7-10-3-4-11(14)12(15)6-10;1-2-3-1/h3-6H,7H2,1-2H3;1-2H2. The van der Waals surface area contributed by atoms with Crippen LogP contribution in [0.15, 0.2) is 24.3 Å². The summed E-state index contributed by atoms with van der Waals surface area (Å²) in [4.78, 5) is 11.0. The highest BCUT2D eigenvalue weighted by Crippen LogP contribution is 2.24. The summed E-state index contributed by atoms with van der Waals surface area (Å²) in [5.41, 5.74) is 1.70. The first-order chi connectivity index (χ1) is 10.5. The van der Waals surface area contributed by atoms with Crippen molar-refractivity contribution in [2.45, 2.75) is 20.4 Å². The Morgan fingerprint density at radius 1 is 1.32 bits per heavy atom. The van der Waals surface area contributed by atoms with Gasteiger partial charge in [-0.1, -0.05) is 29.3 Å². The first kappa shape index (κ1) is 16.8. The van der Waals surface area contributed by atoms with Crippen molar-refractivity contribution < 1.29 is 14.3 Å². The van der Waals surface area contributed by atoms with E-state index in [1.54, 1.807) is 22.9 Å². The van der Waals surface area contributed by atoms with E-state index in [1.807, 2.05) is 13.0 Å². The van der Waals surface area contributed by atoms with Gasteiger partial charge in [-0.05, 0) is 24.6 Å². The highest BCUT2D eigenvalue weighted by molar-refractivity contribution is 6.42. The summed E-state index contributed by atoms with van der Waals surface area (Å²) >= 11 is 11.8. The number of aryl methyl sites for hydroxylation is 1. The maximum Gasteiger partial charge on any atom is 0.309 e. The second-order valence-electron chi connectivity index (χ2n) is 4.74. The van der Waals surface area contributed by atoms with Crippen LogP contribution in [0.25, 0.3) is 0 Å². The molecule has 118 valence electrons. The van der Waals surface area contributed by atoms with Gasteiger partial charge in [-0.15, -0.1) is 0 Å². The molecule has 22 heavy (non-hydrogen) atoms. The minimum atomic E-state index is -0.379. The van der Waals surface area contributed by atoms with Crippen LogP contribution in [0.4, 0.5) is 0 Å². The van der Waals surface area contributed by atoms with Crippen molar-refractivity contribution in [2.24, 2.45) is 0 Å². The van der Waals surface area contributed by atoms with Crippen LogP contribution in [0.3, 0.4) is 0 Å². The van der Waals surface area contributed by atoms with Gasteiger partial charge in [0.1, 0.15) is 0 Å². The number of hydrogen-bond donors (Lipinski definition) is 0. The van der Waals surface area contributed by atoms with Gasteiger partial charge in [-0.3, -0.25) is 4.79 Å². The maximum absolute atomic E-state index is 11.0. The zero-order valence-corrected chi connectivity index (χ0v) is 13.8. The van der Waals surface area contributed by atoms with E-state index in [0.29, 0.717) is 22.5 Å². The summed E-state index contributed by atoms with van der Waals surface area (Å²) in [5.74, 6) is 0.0337. The molecule has 0 radical (unpaired) electrons. The zero-order valence-electron chi connectivity index (χ0n) is 12.3. The Bertz CT molecular complexity index is 666. The fraction of sp³-hybridized carbons (Fsp3) is 0.333. The van der Waals surface area contributed by atoms with Gasteiger partial charge in [0.05, 0.1) is 35.5 Å². The van der Waals surface area contributed by atoms with Gasteiger partial charge < -0.3 is 9.47 Å². The molecule has 0 N–H and O–H groups in total. The molecule has 0 spiro atoms. The summed E-state index contributed by atoms with van der Waals surface area (Å²) < 4.78 is 11.2. The molecule has 0 aliphatic carbocycles. The fourth-order valence-corrected chi connectivity index (χ4v) is 2.00. The molecule has 0 amide bonds. The molecule has 1 saturated heterocycles. The average Bonchev–Trinajstić information content (AvgIpc) is 3.26. The molecule has 2 aromatic rings. The molecule has 0 bridgehead atoms. The Morgan fingerprint density at radius 3 is 2.55 bits per heavy atom. The lowest BCUT2D eigenvalue weighted by molar-refractivity contribution is -0.132. The van der Waals surface area contributed by atoms with Crippen LogP contribution >= 0.6 is 23.2 Å². The summed E-state index contributed by atoms with van der Waals surface area (Å²) in [7, 11) is 0. The molecule has 1 aliphatic rings. The third-order valence-corrected chi connectivity index (χ3v) is 3.37. The molecule has 1 aromatic heterocycles. The first-order valence-electron chi connectivity index (χ1n) is 6.70. The van der Waals surface area contributed by atoms with Crippen LogP contribution in [0.1, 0.15) is 18.2 Å². The molecule has 0 saturated carbocycles. The lowest BCUT2D eigenvalue weighted by Gasteiger charge is -2.07. The highest BCUT2D eigenvalue weighted by atomic mass is 35.5. The van der Waals surface area contributed by atoms with E-state index in [9.17, 15) is 4.79 Å². The third kappa shape index (κ3) is 5.33. The van der Waals surface area contributed by atoms with Crippen LogP contribution < -0.4 is 4.74 Å². The second-order valence-corrected chi connectivity index (χ2v) is 5.55. The topological polar surface area (TPSA) is 56.6 Å².